The number of ether oxygens (including phenoxy) is 1. The summed E-state index contributed by atoms with van der Waals surface area (Å²) in [6, 6.07) is 5.55. The molecule has 0 saturated carbocycles. The van der Waals surface area contributed by atoms with Gasteiger partial charge in [-0.3, -0.25) is 4.90 Å². The molecule has 0 N–H and O–H groups in total. The van der Waals surface area contributed by atoms with Crippen molar-refractivity contribution < 1.29 is 9.13 Å². The zero-order valence-corrected chi connectivity index (χ0v) is 13.9. The Morgan fingerprint density at radius 2 is 2.17 bits per heavy atom. The summed E-state index contributed by atoms with van der Waals surface area (Å²) in [5.74, 6) is 2.06. The number of aryl methyl sites for hydroxylation is 2. The summed E-state index contributed by atoms with van der Waals surface area (Å²) in [5, 5.41) is 8.42. The summed E-state index contributed by atoms with van der Waals surface area (Å²) < 4.78 is 20.8. The molecule has 0 bridgehead atoms. The molecule has 3 rings (SSSR count). The van der Waals surface area contributed by atoms with Gasteiger partial charge in [-0.25, -0.2) is 4.39 Å². The van der Waals surface area contributed by atoms with Gasteiger partial charge in [0.25, 0.3) is 0 Å². The lowest BCUT2D eigenvalue weighted by molar-refractivity contribution is 0.210. The normalized spacial score (nSPS) is 17.9. The Morgan fingerprint density at radius 1 is 1.35 bits per heavy atom. The quantitative estimate of drug-likeness (QED) is 0.869. The van der Waals surface area contributed by atoms with Crippen LogP contribution in [-0.4, -0.2) is 39.9 Å². The average molecular weight is 318 g/mol. The second-order valence-electron chi connectivity index (χ2n) is 6.18. The number of benzene rings is 1. The van der Waals surface area contributed by atoms with Crippen LogP contribution in [0.1, 0.15) is 30.1 Å². The van der Waals surface area contributed by atoms with E-state index in [2.05, 4.69) is 26.7 Å². The van der Waals surface area contributed by atoms with Gasteiger partial charge in [0, 0.05) is 25.6 Å². The predicted octanol–water partition coefficient (Wildman–Crippen LogP) is 2.57. The molecule has 2 heterocycles. The Morgan fingerprint density at radius 3 is 2.96 bits per heavy atom. The Balaban J connectivity index is 1.66. The molecule has 2 aromatic rings. The van der Waals surface area contributed by atoms with Crippen molar-refractivity contribution in [3.8, 4) is 5.75 Å². The van der Waals surface area contributed by atoms with Gasteiger partial charge >= 0.3 is 0 Å². The molecule has 1 aliphatic heterocycles. The molecule has 1 aromatic carbocycles. The van der Waals surface area contributed by atoms with E-state index in [1.165, 1.54) is 13.2 Å². The molecule has 0 fully saturated rings. The van der Waals surface area contributed by atoms with E-state index >= 15 is 0 Å². The Labute approximate surface area is 136 Å². The Hall–Kier alpha value is -1.95. The first-order chi connectivity index (χ1) is 11.1. The predicted molar refractivity (Wildman–Crippen MR) is 85.9 cm³/mol. The molecule has 0 amide bonds. The van der Waals surface area contributed by atoms with Crippen molar-refractivity contribution in [1.29, 1.82) is 0 Å². The van der Waals surface area contributed by atoms with Gasteiger partial charge in [-0.05, 0) is 44.5 Å². The molecule has 1 unspecified atom stereocenters. The van der Waals surface area contributed by atoms with Crippen LogP contribution in [0.2, 0.25) is 0 Å². The molecule has 0 saturated heterocycles. The number of hydrogen-bond donors (Lipinski definition) is 0. The van der Waals surface area contributed by atoms with Crippen molar-refractivity contribution in [1.82, 2.24) is 19.7 Å². The van der Waals surface area contributed by atoms with E-state index in [4.69, 9.17) is 4.74 Å². The molecule has 23 heavy (non-hydrogen) atoms. The summed E-state index contributed by atoms with van der Waals surface area (Å²) in [6.45, 7) is 3.74. The first-order valence-electron chi connectivity index (χ1n) is 8.00. The fraction of sp³-hybridized carbons (Fsp3) is 0.529. The Kier molecular flexibility index (Phi) is 4.61. The summed E-state index contributed by atoms with van der Waals surface area (Å²) >= 11 is 0. The third-order valence-electron chi connectivity index (χ3n) is 4.67. The van der Waals surface area contributed by atoms with E-state index in [1.54, 1.807) is 6.07 Å². The van der Waals surface area contributed by atoms with Gasteiger partial charge in [0.05, 0.1) is 7.11 Å². The van der Waals surface area contributed by atoms with Gasteiger partial charge in [-0.2, -0.15) is 0 Å². The topological polar surface area (TPSA) is 43.2 Å². The molecular formula is C17H23FN4O. The van der Waals surface area contributed by atoms with E-state index in [0.29, 0.717) is 11.8 Å². The third kappa shape index (κ3) is 3.37. The van der Waals surface area contributed by atoms with E-state index in [0.717, 1.165) is 49.6 Å². The lowest BCUT2D eigenvalue weighted by Gasteiger charge is -2.27. The summed E-state index contributed by atoms with van der Waals surface area (Å²) in [7, 11) is 3.62. The number of aromatic nitrogens is 3. The van der Waals surface area contributed by atoms with Crippen LogP contribution in [0.5, 0.6) is 5.75 Å². The Bertz CT molecular complexity index is 685. The monoisotopic (exact) mass is 318 g/mol. The van der Waals surface area contributed by atoms with Crippen molar-refractivity contribution in [2.24, 2.45) is 0 Å². The number of halogens is 1. The number of nitrogens with zero attached hydrogens (tertiary/aromatic N) is 4. The molecule has 0 spiro atoms. The molecule has 124 valence electrons. The van der Waals surface area contributed by atoms with Crippen molar-refractivity contribution in [3.05, 3.63) is 41.2 Å². The molecule has 5 nitrogen and oxygen atoms in total. The van der Waals surface area contributed by atoms with Crippen LogP contribution in [0, 0.1) is 12.7 Å². The van der Waals surface area contributed by atoms with Crippen molar-refractivity contribution >= 4 is 0 Å². The van der Waals surface area contributed by atoms with Crippen LogP contribution >= 0.6 is 0 Å². The van der Waals surface area contributed by atoms with Crippen LogP contribution in [-0.2, 0) is 19.5 Å². The molecular weight excluding hydrogens is 295 g/mol. The minimum absolute atomic E-state index is 0.304. The molecule has 1 atom stereocenters. The number of fused-ring (bicyclic) bond motifs is 1. The zero-order chi connectivity index (χ0) is 16.4. The highest BCUT2D eigenvalue weighted by molar-refractivity contribution is 5.30. The molecule has 1 aromatic heterocycles. The van der Waals surface area contributed by atoms with Crippen LogP contribution in [0.4, 0.5) is 4.39 Å². The second-order valence-corrected chi connectivity index (χ2v) is 6.18. The second kappa shape index (κ2) is 6.66. The van der Waals surface area contributed by atoms with E-state index in [-0.39, 0.29) is 5.82 Å². The van der Waals surface area contributed by atoms with Crippen LogP contribution < -0.4 is 4.74 Å². The average Bonchev–Trinajstić information content (AvgIpc) is 2.77. The smallest absolute Gasteiger partial charge is 0.165 e. The molecule has 6 heteroatoms. The lowest BCUT2D eigenvalue weighted by atomic mass is 10.1. The minimum Gasteiger partial charge on any atom is -0.494 e. The number of hydrogen-bond acceptors (Lipinski definition) is 4. The minimum atomic E-state index is -0.318. The standard InChI is InChI=1S/C17H23FN4O/c1-12-19-20-17-7-5-14(8-9-22(12)17)21(2)11-13-4-6-15(18)16(10-13)23-3/h4,6,10,14H,5,7-9,11H2,1-3H3. The fourth-order valence-electron chi connectivity index (χ4n) is 3.28. The SMILES string of the molecule is COc1cc(CN(C)C2CCc3nnc(C)n3CC2)ccc1F. The first kappa shape index (κ1) is 15.9. The summed E-state index contributed by atoms with van der Waals surface area (Å²) in [4.78, 5) is 2.34. The van der Waals surface area contributed by atoms with E-state index < -0.39 is 0 Å². The van der Waals surface area contributed by atoms with Gasteiger partial charge in [-0.1, -0.05) is 6.07 Å². The van der Waals surface area contributed by atoms with Crippen molar-refractivity contribution in [2.75, 3.05) is 14.2 Å². The first-order valence-corrected chi connectivity index (χ1v) is 8.00. The van der Waals surface area contributed by atoms with Crippen molar-refractivity contribution in [2.45, 2.75) is 45.3 Å². The maximum absolute atomic E-state index is 13.5. The van der Waals surface area contributed by atoms with Gasteiger partial charge < -0.3 is 9.30 Å². The highest BCUT2D eigenvalue weighted by atomic mass is 19.1. The van der Waals surface area contributed by atoms with E-state index in [1.807, 2.05) is 13.0 Å². The van der Waals surface area contributed by atoms with Crippen LogP contribution in [0.15, 0.2) is 18.2 Å². The van der Waals surface area contributed by atoms with Crippen LogP contribution in [0.3, 0.4) is 0 Å². The maximum Gasteiger partial charge on any atom is 0.165 e. The molecule has 0 radical (unpaired) electrons. The highest BCUT2D eigenvalue weighted by Crippen LogP contribution is 2.22. The lowest BCUT2D eigenvalue weighted by Crippen LogP contribution is -2.31. The largest absolute Gasteiger partial charge is 0.494 e. The van der Waals surface area contributed by atoms with Gasteiger partial charge in [0.1, 0.15) is 11.6 Å². The maximum atomic E-state index is 13.5. The zero-order valence-electron chi connectivity index (χ0n) is 13.9. The molecule has 1 aliphatic rings. The van der Waals surface area contributed by atoms with Gasteiger partial charge in [0.2, 0.25) is 0 Å². The summed E-state index contributed by atoms with van der Waals surface area (Å²) in [5.41, 5.74) is 1.06. The molecule has 0 aliphatic carbocycles. The number of methoxy groups -OCH3 is 1. The fourth-order valence-corrected chi connectivity index (χ4v) is 3.28. The third-order valence-corrected chi connectivity index (χ3v) is 4.67. The summed E-state index contributed by atoms with van der Waals surface area (Å²) in [6.07, 6.45) is 3.08. The van der Waals surface area contributed by atoms with E-state index in [9.17, 15) is 4.39 Å². The van der Waals surface area contributed by atoms with Gasteiger partial charge in [0.15, 0.2) is 11.6 Å². The highest BCUT2D eigenvalue weighted by Gasteiger charge is 2.22. The van der Waals surface area contributed by atoms with Gasteiger partial charge in [-0.15, -0.1) is 10.2 Å². The van der Waals surface area contributed by atoms with Crippen LogP contribution in [0.25, 0.3) is 0 Å². The van der Waals surface area contributed by atoms with Crippen molar-refractivity contribution in [3.63, 3.8) is 0 Å². The number of rotatable bonds is 4.